The van der Waals surface area contributed by atoms with Crippen LogP contribution < -0.4 is 5.73 Å². The Labute approximate surface area is 95.7 Å². The molecule has 2 N–H and O–H groups in total. The maximum absolute atomic E-state index is 5.74. The first-order valence-electron chi connectivity index (χ1n) is 5.73. The molecule has 84 valence electrons. The first-order chi connectivity index (χ1) is 7.70. The minimum Gasteiger partial charge on any atom is -0.399 e. The molecule has 0 bridgehead atoms. The van der Waals surface area contributed by atoms with Gasteiger partial charge < -0.3 is 5.73 Å². The Morgan fingerprint density at radius 1 is 1.19 bits per heavy atom. The summed E-state index contributed by atoms with van der Waals surface area (Å²) in [5.74, 6) is 0. The van der Waals surface area contributed by atoms with Crippen molar-refractivity contribution in [2.24, 2.45) is 0 Å². The lowest BCUT2D eigenvalue weighted by molar-refractivity contribution is 0.769. The lowest BCUT2D eigenvalue weighted by atomic mass is 10.1. The highest BCUT2D eigenvalue weighted by atomic mass is 14.8. The number of unbranched alkanes of at least 4 members (excludes halogenated alkanes) is 1. The summed E-state index contributed by atoms with van der Waals surface area (Å²) in [6.45, 7) is 4.20. The van der Waals surface area contributed by atoms with Crippen LogP contribution in [-0.2, 0) is 6.42 Å². The van der Waals surface area contributed by atoms with E-state index in [1.807, 2.05) is 25.1 Å². The lowest BCUT2D eigenvalue weighted by Gasteiger charge is -2.06. The van der Waals surface area contributed by atoms with Crippen LogP contribution in [0.25, 0.3) is 11.0 Å². The van der Waals surface area contributed by atoms with Crippen molar-refractivity contribution in [3.63, 3.8) is 0 Å². The summed E-state index contributed by atoms with van der Waals surface area (Å²) in [7, 11) is 0. The molecule has 0 unspecified atom stereocenters. The van der Waals surface area contributed by atoms with Crippen molar-refractivity contribution in [2.75, 3.05) is 5.73 Å². The molecular formula is C13H17N3. The van der Waals surface area contributed by atoms with E-state index >= 15 is 0 Å². The number of anilines is 1. The largest absolute Gasteiger partial charge is 0.399 e. The Bertz CT molecular complexity index is 506. The van der Waals surface area contributed by atoms with Crippen LogP contribution in [0.2, 0.25) is 0 Å². The molecule has 0 spiro atoms. The van der Waals surface area contributed by atoms with Crippen molar-refractivity contribution in [1.82, 2.24) is 9.97 Å². The van der Waals surface area contributed by atoms with Gasteiger partial charge in [0.05, 0.1) is 22.4 Å². The topological polar surface area (TPSA) is 51.8 Å². The van der Waals surface area contributed by atoms with Gasteiger partial charge in [0.1, 0.15) is 0 Å². The van der Waals surface area contributed by atoms with Crippen molar-refractivity contribution in [2.45, 2.75) is 33.1 Å². The molecule has 3 nitrogen and oxygen atoms in total. The molecule has 2 rings (SSSR count). The Morgan fingerprint density at radius 3 is 2.75 bits per heavy atom. The first kappa shape index (κ1) is 10.9. The highest BCUT2D eigenvalue weighted by Crippen LogP contribution is 2.16. The molecule has 0 atom stereocenters. The summed E-state index contributed by atoms with van der Waals surface area (Å²) in [6, 6.07) is 5.67. The smallest absolute Gasteiger partial charge is 0.0910 e. The summed E-state index contributed by atoms with van der Waals surface area (Å²) in [6.07, 6.45) is 3.33. The van der Waals surface area contributed by atoms with Crippen LogP contribution in [0.3, 0.4) is 0 Å². The third-order valence-corrected chi connectivity index (χ3v) is 2.73. The van der Waals surface area contributed by atoms with Crippen molar-refractivity contribution in [1.29, 1.82) is 0 Å². The SMILES string of the molecule is CCCCc1nc2cc(N)ccc2nc1C. The van der Waals surface area contributed by atoms with Crippen molar-refractivity contribution in [3.05, 3.63) is 29.6 Å². The number of aryl methyl sites for hydroxylation is 2. The predicted molar refractivity (Wildman–Crippen MR) is 67.3 cm³/mol. The second kappa shape index (κ2) is 4.47. The maximum Gasteiger partial charge on any atom is 0.0910 e. The fourth-order valence-electron chi connectivity index (χ4n) is 1.78. The number of hydrogen-bond donors (Lipinski definition) is 1. The predicted octanol–water partition coefficient (Wildman–Crippen LogP) is 2.86. The molecule has 2 aromatic rings. The average molecular weight is 215 g/mol. The van der Waals surface area contributed by atoms with E-state index in [0.29, 0.717) is 0 Å². The van der Waals surface area contributed by atoms with E-state index in [-0.39, 0.29) is 0 Å². The van der Waals surface area contributed by atoms with E-state index < -0.39 is 0 Å². The minimum absolute atomic E-state index is 0.743. The van der Waals surface area contributed by atoms with Crippen LogP contribution in [0, 0.1) is 6.92 Å². The van der Waals surface area contributed by atoms with Gasteiger partial charge in [0, 0.05) is 5.69 Å². The number of benzene rings is 1. The van der Waals surface area contributed by atoms with Crippen LogP contribution in [0.15, 0.2) is 18.2 Å². The average Bonchev–Trinajstić information content (AvgIpc) is 2.27. The Kier molecular flexibility index (Phi) is 3.04. The Morgan fingerprint density at radius 2 is 2.00 bits per heavy atom. The summed E-state index contributed by atoms with van der Waals surface area (Å²) < 4.78 is 0. The van der Waals surface area contributed by atoms with Gasteiger partial charge in [-0.15, -0.1) is 0 Å². The van der Waals surface area contributed by atoms with Gasteiger partial charge >= 0.3 is 0 Å². The van der Waals surface area contributed by atoms with E-state index in [9.17, 15) is 0 Å². The van der Waals surface area contributed by atoms with E-state index in [2.05, 4.69) is 16.9 Å². The molecule has 0 aliphatic rings. The third-order valence-electron chi connectivity index (χ3n) is 2.73. The molecule has 1 heterocycles. The lowest BCUT2D eigenvalue weighted by Crippen LogP contribution is -1.99. The number of aromatic nitrogens is 2. The molecule has 0 saturated carbocycles. The normalized spacial score (nSPS) is 10.9. The van der Waals surface area contributed by atoms with E-state index in [4.69, 9.17) is 5.73 Å². The standard InChI is InChI=1S/C13H17N3/c1-3-4-5-11-9(2)15-12-7-6-10(14)8-13(12)16-11/h6-8H,3-5,14H2,1-2H3. The summed E-state index contributed by atoms with van der Waals surface area (Å²) in [5, 5.41) is 0. The summed E-state index contributed by atoms with van der Waals surface area (Å²) in [4.78, 5) is 9.18. The zero-order valence-corrected chi connectivity index (χ0v) is 9.83. The number of fused-ring (bicyclic) bond motifs is 1. The summed E-state index contributed by atoms with van der Waals surface area (Å²) >= 11 is 0. The van der Waals surface area contributed by atoms with Crippen LogP contribution in [0.5, 0.6) is 0 Å². The minimum atomic E-state index is 0.743. The number of rotatable bonds is 3. The monoisotopic (exact) mass is 215 g/mol. The third kappa shape index (κ3) is 2.13. The number of hydrogen-bond acceptors (Lipinski definition) is 3. The zero-order valence-electron chi connectivity index (χ0n) is 9.83. The molecule has 16 heavy (non-hydrogen) atoms. The Hall–Kier alpha value is -1.64. The van der Waals surface area contributed by atoms with Crippen molar-refractivity contribution < 1.29 is 0 Å². The highest BCUT2D eigenvalue weighted by molar-refractivity contribution is 5.78. The number of nitrogen functional groups attached to an aromatic ring is 1. The second-order valence-electron chi connectivity index (χ2n) is 4.11. The molecule has 0 saturated heterocycles. The fourth-order valence-corrected chi connectivity index (χ4v) is 1.78. The van der Waals surface area contributed by atoms with Crippen molar-refractivity contribution >= 4 is 16.7 Å². The molecule has 3 heteroatoms. The van der Waals surface area contributed by atoms with Gasteiger partial charge in [0.15, 0.2) is 0 Å². The fraction of sp³-hybridized carbons (Fsp3) is 0.385. The van der Waals surface area contributed by atoms with Gasteiger partial charge in [-0.1, -0.05) is 13.3 Å². The van der Waals surface area contributed by atoms with Gasteiger partial charge in [-0.2, -0.15) is 0 Å². The quantitative estimate of drug-likeness (QED) is 0.801. The van der Waals surface area contributed by atoms with Crippen LogP contribution >= 0.6 is 0 Å². The highest BCUT2D eigenvalue weighted by Gasteiger charge is 2.04. The van der Waals surface area contributed by atoms with Crippen LogP contribution in [-0.4, -0.2) is 9.97 Å². The van der Waals surface area contributed by atoms with Gasteiger partial charge in [-0.05, 0) is 38.0 Å². The van der Waals surface area contributed by atoms with Crippen molar-refractivity contribution in [3.8, 4) is 0 Å². The Balaban J connectivity index is 2.46. The molecule has 0 aliphatic heterocycles. The summed E-state index contributed by atoms with van der Waals surface area (Å²) in [5.41, 5.74) is 10.4. The maximum atomic E-state index is 5.74. The molecule has 0 radical (unpaired) electrons. The number of nitrogens with zero attached hydrogens (tertiary/aromatic N) is 2. The number of nitrogens with two attached hydrogens (primary N) is 1. The molecule has 1 aromatic heterocycles. The molecule has 0 aliphatic carbocycles. The molecule has 0 fully saturated rings. The van der Waals surface area contributed by atoms with Gasteiger partial charge in [-0.25, -0.2) is 9.97 Å². The molecule has 1 aromatic carbocycles. The first-order valence-corrected chi connectivity index (χ1v) is 5.73. The van der Waals surface area contributed by atoms with Crippen LogP contribution in [0.1, 0.15) is 31.2 Å². The second-order valence-corrected chi connectivity index (χ2v) is 4.11. The van der Waals surface area contributed by atoms with E-state index in [1.165, 1.54) is 6.42 Å². The van der Waals surface area contributed by atoms with E-state index in [1.54, 1.807) is 0 Å². The molecule has 0 amide bonds. The van der Waals surface area contributed by atoms with Gasteiger partial charge in [0.2, 0.25) is 0 Å². The van der Waals surface area contributed by atoms with E-state index in [0.717, 1.165) is 41.0 Å². The molecular weight excluding hydrogens is 198 g/mol. The van der Waals surface area contributed by atoms with Gasteiger partial charge in [-0.3, -0.25) is 0 Å². The van der Waals surface area contributed by atoms with Crippen LogP contribution in [0.4, 0.5) is 5.69 Å². The van der Waals surface area contributed by atoms with Gasteiger partial charge in [0.25, 0.3) is 0 Å². The zero-order chi connectivity index (χ0) is 11.5.